The number of methoxy groups -OCH3 is 1. The van der Waals surface area contributed by atoms with Crippen molar-refractivity contribution in [1.82, 2.24) is 0 Å². The Morgan fingerprint density at radius 2 is 1.88 bits per heavy atom. The Hall–Kier alpha value is -0.640. The van der Waals surface area contributed by atoms with E-state index in [0.29, 0.717) is 6.42 Å². The van der Waals surface area contributed by atoms with Gasteiger partial charge in [0.25, 0.3) is 0 Å². The molecule has 2 radical (unpaired) electrons. The summed E-state index contributed by atoms with van der Waals surface area (Å²) in [4.78, 5) is 11.0. The molecule has 6 heteroatoms. The van der Waals surface area contributed by atoms with Gasteiger partial charge in [0.15, 0.2) is 0 Å². The van der Waals surface area contributed by atoms with E-state index in [4.69, 9.17) is 4.70 Å². The van der Waals surface area contributed by atoms with Crippen molar-refractivity contribution < 1.29 is 18.7 Å². The van der Waals surface area contributed by atoms with E-state index in [-0.39, 0.29) is 13.0 Å². The first-order valence-corrected chi connectivity index (χ1v) is 5.63. The van der Waals surface area contributed by atoms with Crippen molar-refractivity contribution in [3.63, 3.8) is 0 Å². The molecule has 0 aromatic heterocycles. The molecule has 0 unspecified atom stereocenters. The fourth-order valence-corrected chi connectivity index (χ4v) is 1.96. The van der Waals surface area contributed by atoms with Crippen LogP contribution in [0, 0.1) is 0 Å². The molecule has 0 aromatic carbocycles. The van der Waals surface area contributed by atoms with Gasteiger partial charge in [0, 0.05) is 0 Å². The van der Waals surface area contributed by atoms with Gasteiger partial charge in [-0.05, 0) is 19.3 Å². The third-order valence-corrected chi connectivity index (χ3v) is 2.98. The monoisotopic (exact) mass is 224 g/mol. The summed E-state index contributed by atoms with van der Waals surface area (Å²) in [5.74, 6) is -0.0788. The molecule has 88 valence electrons. The molecule has 0 aliphatic carbocycles. The van der Waals surface area contributed by atoms with Gasteiger partial charge in [-0.1, -0.05) is 0 Å². The number of quaternary nitrogens is 1. The Kier molecular flexibility index (Phi) is 8.16. The molecular weight excluding hydrogens is 204 g/mol. The van der Waals surface area contributed by atoms with Crippen molar-refractivity contribution in [3.05, 3.63) is 0 Å². The molecule has 1 saturated heterocycles. The fraction of sp³-hybridized carbons (Fsp3) is 0.900. The maximum absolute atomic E-state index is 11.0. The average molecular weight is 224 g/mol. The van der Waals surface area contributed by atoms with Gasteiger partial charge in [-0.15, -0.1) is 0 Å². The van der Waals surface area contributed by atoms with E-state index in [1.807, 2.05) is 0 Å². The number of carbonyl (C=O) groups excluding carboxylic acids is 1. The van der Waals surface area contributed by atoms with E-state index < -0.39 is 0 Å². The predicted octanol–water partition coefficient (Wildman–Crippen LogP) is 0.300. The van der Waals surface area contributed by atoms with Crippen LogP contribution < -0.4 is 0 Å². The summed E-state index contributed by atoms with van der Waals surface area (Å²) in [7, 11) is 8.11. The molecule has 0 amide bonds. The summed E-state index contributed by atoms with van der Waals surface area (Å²) < 4.78 is 14.3. The van der Waals surface area contributed by atoms with Crippen molar-refractivity contribution in [2.45, 2.75) is 25.7 Å². The summed E-state index contributed by atoms with van der Waals surface area (Å²) in [6.45, 7) is 3.38. The second-order valence-corrected chi connectivity index (χ2v) is 4.31. The molecule has 0 spiro atoms. The van der Waals surface area contributed by atoms with Crippen molar-refractivity contribution in [2.24, 2.45) is 0 Å². The van der Waals surface area contributed by atoms with Crippen LogP contribution in [0.3, 0.4) is 0 Å². The molecule has 0 atom stereocenters. The Labute approximate surface area is 99.6 Å². The standard InChI is InChI=1S/C10H20NO2.B2O/c1-11(7-4-3-5-8-11)9-6-10(12)13-2;1-2-3/h3-9H2,1-2H3;/q+1;. The summed E-state index contributed by atoms with van der Waals surface area (Å²) >= 11 is 0. The van der Waals surface area contributed by atoms with Crippen LogP contribution in [0.1, 0.15) is 25.7 Å². The zero-order chi connectivity index (χ0) is 12.4. The summed E-state index contributed by atoms with van der Waals surface area (Å²) in [6, 6.07) is 0. The Bertz CT molecular complexity index is 218. The van der Waals surface area contributed by atoms with Crippen molar-refractivity contribution >= 4 is 20.7 Å². The number of hydrogen-bond acceptors (Lipinski definition) is 3. The van der Waals surface area contributed by atoms with Crippen LogP contribution in [0.4, 0.5) is 0 Å². The van der Waals surface area contributed by atoms with Crippen LogP contribution >= 0.6 is 0 Å². The maximum atomic E-state index is 11.0. The first kappa shape index (κ1) is 15.4. The van der Waals surface area contributed by atoms with Crippen molar-refractivity contribution in [3.8, 4) is 0 Å². The van der Waals surface area contributed by atoms with E-state index >= 15 is 0 Å². The first-order chi connectivity index (χ1) is 7.58. The van der Waals surface area contributed by atoms with Crippen molar-refractivity contribution in [2.75, 3.05) is 33.8 Å². The summed E-state index contributed by atoms with van der Waals surface area (Å²) in [5, 5.41) is 0. The van der Waals surface area contributed by atoms with Crippen molar-refractivity contribution in [1.29, 1.82) is 0 Å². The van der Waals surface area contributed by atoms with Crippen LogP contribution in [0.15, 0.2) is 0 Å². The minimum atomic E-state index is -0.0788. The minimum absolute atomic E-state index is 0.0788. The molecule has 1 rings (SSSR count). The van der Waals surface area contributed by atoms with Crippen LogP contribution in [-0.4, -0.2) is 59.0 Å². The molecule has 0 bridgehead atoms. The van der Waals surface area contributed by atoms with E-state index in [9.17, 15) is 4.79 Å². The number of carbonyl (C=O) groups is 1. The molecule has 1 aliphatic rings. The second kappa shape index (κ2) is 8.50. The van der Waals surface area contributed by atoms with Crippen LogP contribution in [0.2, 0.25) is 0 Å². The zero-order valence-corrected chi connectivity index (χ0v) is 10.3. The van der Waals surface area contributed by atoms with Crippen LogP contribution in [-0.2, 0) is 14.2 Å². The van der Waals surface area contributed by atoms with Crippen LogP contribution in [0.25, 0.3) is 0 Å². The number of ether oxygens (including phenoxy) is 1. The normalized spacial score (nSPS) is 17.6. The molecule has 0 saturated carbocycles. The fourth-order valence-electron chi connectivity index (χ4n) is 1.96. The van der Waals surface area contributed by atoms with E-state index in [2.05, 4.69) is 19.5 Å². The number of likely N-dealkylation sites (tertiary alicyclic amines) is 1. The molecule has 1 aliphatic heterocycles. The van der Waals surface area contributed by atoms with E-state index in [1.54, 1.807) is 0 Å². The first-order valence-electron chi connectivity index (χ1n) is 5.63. The number of piperidine rings is 1. The molecule has 1 heterocycles. The van der Waals surface area contributed by atoms with E-state index in [0.717, 1.165) is 11.0 Å². The van der Waals surface area contributed by atoms with Gasteiger partial charge in [-0.3, -0.25) is 4.79 Å². The Balaban J connectivity index is 0.000000673. The summed E-state index contributed by atoms with van der Waals surface area (Å²) in [6.07, 6.45) is 4.52. The number of rotatable bonds is 3. The number of nitrogens with zero attached hydrogens (tertiary/aromatic N) is 1. The molecule has 1 fully saturated rings. The van der Waals surface area contributed by atoms with Gasteiger partial charge >= 0.3 is 25.5 Å². The molecular formula is C10H20B2NO3+. The molecule has 0 N–H and O–H groups in total. The predicted molar refractivity (Wildman–Crippen MR) is 63.5 cm³/mol. The van der Waals surface area contributed by atoms with Gasteiger partial charge in [0.05, 0.1) is 40.2 Å². The second-order valence-electron chi connectivity index (χ2n) is 4.31. The van der Waals surface area contributed by atoms with Gasteiger partial charge in [0.1, 0.15) is 0 Å². The molecule has 16 heavy (non-hydrogen) atoms. The topological polar surface area (TPSA) is 43.4 Å². The average Bonchev–Trinajstić information content (AvgIpc) is 2.28. The SMILES string of the molecule is COC(=O)CC[N+]1(C)CCCCC1.[B]B=O. The molecule has 0 aromatic rings. The van der Waals surface area contributed by atoms with Gasteiger partial charge in [0.2, 0.25) is 0 Å². The van der Waals surface area contributed by atoms with Gasteiger partial charge in [-0.2, -0.15) is 0 Å². The number of hydrogen-bond donors (Lipinski definition) is 0. The summed E-state index contributed by atoms with van der Waals surface area (Å²) in [5.41, 5.74) is 0. The zero-order valence-electron chi connectivity index (χ0n) is 10.3. The third-order valence-electron chi connectivity index (χ3n) is 2.98. The molecule has 4 nitrogen and oxygen atoms in total. The van der Waals surface area contributed by atoms with Crippen LogP contribution in [0.5, 0.6) is 0 Å². The van der Waals surface area contributed by atoms with E-state index in [1.165, 1.54) is 39.5 Å². The Morgan fingerprint density at radius 1 is 1.38 bits per heavy atom. The Morgan fingerprint density at radius 3 is 2.31 bits per heavy atom. The van der Waals surface area contributed by atoms with Gasteiger partial charge < -0.3 is 9.22 Å². The third kappa shape index (κ3) is 6.77. The number of esters is 1. The quantitative estimate of drug-likeness (QED) is 0.393. The van der Waals surface area contributed by atoms with Gasteiger partial charge in [-0.25, -0.2) is 0 Å².